The predicted molar refractivity (Wildman–Crippen MR) is 136 cm³/mol. The van der Waals surface area contributed by atoms with Crippen LogP contribution >= 0.6 is 0 Å². The molecule has 0 saturated heterocycles. The molecule has 2 heterocycles. The zero-order valence-electron chi connectivity index (χ0n) is 20.7. The maximum Gasteiger partial charge on any atom is 0.389 e. The largest absolute Gasteiger partial charge is 0.389 e. The van der Waals surface area contributed by atoms with E-state index in [1.54, 1.807) is 19.1 Å². The third-order valence-corrected chi connectivity index (χ3v) is 8.55. The molecule has 3 aromatic rings. The topological polar surface area (TPSA) is 64.8 Å². The number of sulfone groups is 1. The van der Waals surface area contributed by atoms with Crippen molar-refractivity contribution in [3.8, 4) is 11.4 Å². The second kappa shape index (κ2) is 11.3. The average molecular weight is 522 g/mol. The molecule has 1 saturated carbocycles. The van der Waals surface area contributed by atoms with Crippen LogP contribution in [-0.4, -0.2) is 34.9 Å². The molecular formula is C27H34F3N3O2S. The number of fused-ring (bicyclic) bond motifs is 1. The molecule has 5 nitrogen and oxygen atoms in total. The van der Waals surface area contributed by atoms with Crippen LogP contribution in [0, 0.1) is 0 Å². The lowest BCUT2D eigenvalue weighted by atomic mass is 10.0. The third-order valence-electron chi connectivity index (χ3n) is 6.77. The van der Waals surface area contributed by atoms with E-state index in [1.165, 1.54) is 0 Å². The first kappa shape index (κ1) is 26.6. The van der Waals surface area contributed by atoms with Crippen molar-refractivity contribution < 1.29 is 21.6 Å². The zero-order valence-corrected chi connectivity index (χ0v) is 21.5. The molecule has 0 atom stereocenters. The highest BCUT2D eigenvalue weighted by molar-refractivity contribution is 7.91. The number of unbranched alkanes of at least 4 members (excludes halogenated alkanes) is 6. The van der Waals surface area contributed by atoms with Gasteiger partial charge in [-0.3, -0.25) is 0 Å². The van der Waals surface area contributed by atoms with Gasteiger partial charge in [-0.05, 0) is 55.9 Å². The SMILES string of the molecule is CCS(=O)(=O)c1ccccc1-c1nc2cc(CCCCCCCCCC(F)(F)F)cnc2n1C1CC1. The number of pyridine rings is 1. The highest BCUT2D eigenvalue weighted by atomic mass is 32.2. The van der Waals surface area contributed by atoms with Crippen LogP contribution in [0.4, 0.5) is 13.2 Å². The molecule has 0 radical (unpaired) electrons. The molecule has 196 valence electrons. The van der Waals surface area contributed by atoms with E-state index in [-0.39, 0.29) is 18.2 Å². The van der Waals surface area contributed by atoms with Crippen molar-refractivity contribution in [2.24, 2.45) is 0 Å². The Morgan fingerprint density at radius 1 is 1.00 bits per heavy atom. The van der Waals surface area contributed by atoms with Crippen LogP contribution in [0.3, 0.4) is 0 Å². The molecular weight excluding hydrogens is 487 g/mol. The standard InChI is InChI=1S/C27H34F3N3O2S/c1-2-36(34,35)24-14-10-9-13-22(24)25-32-23-18-20(19-31-26(23)33(25)21-15-16-21)12-8-6-4-3-5-7-11-17-27(28,29)30/h9-10,13-14,18-19,21H,2-8,11-12,15-17H2,1H3. The summed E-state index contributed by atoms with van der Waals surface area (Å²) in [6.45, 7) is 1.65. The lowest BCUT2D eigenvalue weighted by molar-refractivity contribution is -0.135. The number of aryl methyl sites for hydroxylation is 1. The Balaban J connectivity index is 1.41. The van der Waals surface area contributed by atoms with Crippen molar-refractivity contribution in [1.29, 1.82) is 0 Å². The van der Waals surface area contributed by atoms with Gasteiger partial charge in [0, 0.05) is 24.2 Å². The Morgan fingerprint density at radius 2 is 1.67 bits per heavy atom. The minimum atomic E-state index is -4.04. The van der Waals surface area contributed by atoms with Gasteiger partial charge < -0.3 is 4.57 Å². The smallest absolute Gasteiger partial charge is 0.306 e. The lowest BCUT2D eigenvalue weighted by Crippen LogP contribution is -2.07. The predicted octanol–water partition coefficient (Wildman–Crippen LogP) is 7.45. The summed E-state index contributed by atoms with van der Waals surface area (Å²) in [4.78, 5) is 9.91. The number of rotatable bonds is 13. The van der Waals surface area contributed by atoms with Crippen molar-refractivity contribution >= 4 is 21.0 Å². The van der Waals surface area contributed by atoms with E-state index in [1.807, 2.05) is 18.3 Å². The summed E-state index contributed by atoms with van der Waals surface area (Å²) in [5, 5.41) is 0. The van der Waals surface area contributed by atoms with Gasteiger partial charge in [0.2, 0.25) is 0 Å². The van der Waals surface area contributed by atoms with E-state index in [0.29, 0.717) is 22.7 Å². The molecule has 0 N–H and O–H groups in total. The Labute approximate surface area is 211 Å². The highest BCUT2D eigenvalue weighted by Gasteiger charge is 2.31. The summed E-state index contributed by atoms with van der Waals surface area (Å²) >= 11 is 0. The van der Waals surface area contributed by atoms with E-state index in [4.69, 9.17) is 9.97 Å². The maximum absolute atomic E-state index is 12.7. The van der Waals surface area contributed by atoms with Gasteiger partial charge in [0.15, 0.2) is 15.5 Å². The Hall–Kier alpha value is -2.42. The van der Waals surface area contributed by atoms with Crippen molar-refractivity contribution in [3.05, 3.63) is 42.1 Å². The minimum absolute atomic E-state index is 0.0314. The molecule has 0 spiro atoms. The summed E-state index contributed by atoms with van der Waals surface area (Å²) in [6, 6.07) is 9.41. The van der Waals surface area contributed by atoms with Crippen LogP contribution in [0.1, 0.15) is 82.7 Å². The van der Waals surface area contributed by atoms with Gasteiger partial charge in [0.25, 0.3) is 0 Å². The van der Waals surface area contributed by atoms with Gasteiger partial charge in [-0.15, -0.1) is 0 Å². The van der Waals surface area contributed by atoms with Crippen molar-refractivity contribution in [2.45, 2.75) is 94.7 Å². The normalized spacial score (nSPS) is 14.6. The molecule has 1 aliphatic carbocycles. The van der Waals surface area contributed by atoms with Crippen LogP contribution in [0.5, 0.6) is 0 Å². The fourth-order valence-corrected chi connectivity index (χ4v) is 5.74. The van der Waals surface area contributed by atoms with Crippen LogP contribution in [0.15, 0.2) is 41.4 Å². The molecule has 1 aromatic carbocycles. The number of hydrogen-bond acceptors (Lipinski definition) is 4. The Kier molecular flexibility index (Phi) is 8.37. The van der Waals surface area contributed by atoms with E-state index in [0.717, 1.165) is 68.1 Å². The quantitative estimate of drug-likeness (QED) is 0.219. The van der Waals surface area contributed by atoms with E-state index in [9.17, 15) is 21.6 Å². The lowest BCUT2D eigenvalue weighted by Gasteiger charge is -2.11. The highest BCUT2D eigenvalue weighted by Crippen LogP contribution is 2.42. The summed E-state index contributed by atoms with van der Waals surface area (Å²) < 4.78 is 64.2. The van der Waals surface area contributed by atoms with Crippen molar-refractivity contribution in [2.75, 3.05) is 5.75 Å². The number of aromatic nitrogens is 3. The second-order valence-corrected chi connectivity index (χ2v) is 12.0. The monoisotopic (exact) mass is 521 g/mol. The molecule has 4 rings (SSSR count). The van der Waals surface area contributed by atoms with Gasteiger partial charge in [0.1, 0.15) is 11.3 Å². The van der Waals surface area contributed by atoms with Crippen LogP contribution < -0.4 is 0 Å². The molecule has 1 aliphatic rings. The van der Waals surface area contributed by atoms with Gasteiger partial charge in [-0.25, -0.2) is 18.4 Å². The van der Waals surface area contributed by atoms with E-state index >= 15 is 0 Å². The van der Waals surface area contributed by atoms with Crippen molar-refractivity contribution in [3.63, 3.8) is 0 Å². The fourth-order valence-electron chi connectivity index (χ4n) is 4.65. The summed E-state index contributed by atoms with van der Waals surface area (Å²) in [7, 11) is -3.40. The van der Waals surface area contributed by atoms with Gasteiger partial charge in [-0.1, -0.05) is 51.2 Å². The van der Waals surface area contributed by atoms with Gasteiger partial charge >= 0.3 is 6.18 Å². The summed E-state index contributed by atoms with van der Waals surface area (Å²) in [6.07, 6.45) is 5.79. The number of imidazole rings is 1. The average Bonchev–Trinajstić information content (AvgIpc) is 3.61. The molecule has 1 fully saturated rings. The Morgan fingerprint density at radius 3 is 2.33 bits per heavy atom. The molecule has 0 unspecified atom stereocenters. The first-order chi connectivity index (χ1) is 17.2. The van der Waals surface area contributed by atoms with E-state index in [2.05, 4.69) is 10.6 Å². The van der Waals surface area contributed by atoms with E-state index < -0.39 is 22.4 Å². The molecule has 36 heavy (non-hydrogen) atoms. The van der Waals surface area contributed by atoms with Crippen LogP contribution in [0.25, 0.3) is 22.6 Å². The number of halogens is 3. The zero-order chi connectivity index (χ0) is 25.8. The minimum Gasteiger partial charge on any atom is -0.306 e. The molecule has 0 bridgehead atoms. The fraction of sp³-hybridized carbons (Fsp3) is 0.556. The van der Waals surface area contributed by atoms with Crippen molar-refractivity contribution in [1.82, 2.24) is 14.5 Å². The van der Waals surface area contributed by atoms with Crippen LogP contribution in [-0.2, 0) is 16.3 Å². The van der Waals surface area contributed by atoms with Crippen LogP contribution in [0.2, 0.25) is 0 Å². The number of alkyl halides is 3. The molecule has 9 heteroatoms. The maximum atomic E-state index is 12.7. The second-order valence-electron chi connectivity index (χ2n) is 9.71. The first-order valence-corrected chi connectivity index (χ1v) is 14.6. The third kappa shape index (κ3) is 6.66. The molecule has 0 aliphatic heterocycles. The summed E-state index contributed by atoms with van der Waals surface area (Å²) in [5.74, 6) is 0.694. The number of hydrogen-bond donors (Lipinski definition) is 0. The van der Waals surface area contributed by atoms with Gasteiger partial charge in [-0.2, -0.15) is 13.2 Å². The summed E-state index contributed by atoms with van der Waals surface area (Å²) in [5.41, 5.74) is 3.29. The molecule has 0 amide bonds. The van der Waals surface area contributed by atoms with Gasteiger partial charge in [0.05, 0.1) is 10.6 Å². The molecule has 2 aromatic heterocycles. The Bertz CT molecular complexity index is 1280. The number of nitrogens with zero attached hydrogens (tertiary/aromatic N) is 3. The first-order valence-electron chi connectivity index (χ1n) is 13.0. The number of benzene rings is 1.